The van der Waals surface area contributed by atoms with Gasteiger partial charge in [-0.15, -0.1) is 0 Å². The highest BCUT2D eigenvalue weighted by Gasteiger charge is 2.30. The van der Waals surface area contributed by atoms with Gasteiger partial charge in [0.2, 0.25) is 0 Å². The lowest BCUT2D eigenvalue weighted by Crippen LogP contribution is -2.42. The highest BCUT2D eigenvalue weighted by atomic mass is 35.5. The molecule has 0 atom stereocenters. The molecule has 6 rings (SSSR count). The van der Waals surface area contributed by atoms with Gasteiger partial charge in [-0.1, -0.05) is 23.2 Å². The van der Waals surface area contributed by atoms with Crippen LogP contribution in [0.15, 0.2) is 84.9 Å². The Labute approximate surface area is 338 Å². The van der Waals surface area contributed by atoms with Gasteiger partial charge >= 0.3 is 5.97 Å². The van der Waals surface area contributed by atoms with Crippen LogP contribution in [0.4, 0.5) is 14.5 Å². The number of likely N-dealkylation sites (tertiary alicyclic amines) is 2. The van der Waals surface area contributed by atoms with E-state index in [1.165, 1.54) is 67.8 Å². The number of hydrogen-bond acceptors (Lipinski definition) is 9. The summed E-state index contributed by atoms with van der Waals surface area (Å²) in [4.78, 5) is 65.1. The monoisotopic (exact) mass is 823 g/mol. The van der Waals surface area contributed by atoms with Crippen LogP contribution >= 0.6 is 23.2 Å². The zero-order chi connectivity index (χ0) is 41.1. The summed E-state index contributed by atoms with van der Waals surface area (Å²) in [5.41, 5.74) is 7.30. The number of ketones is 2. The van der Waals surface area contributed by atoms with Crippen molar-refractivity contribution in [1.82, 2.24) is 9.80 Å². The van der Waals surface area contributed by atoms with Gasteiger partial charge in [-0.2, -0.15) is 0 Å². The Morgan fingerprint density at radius 3 is 1.46 bits per heavy atom. The molecule has 0 radical (unpaired) electrons. The second-order valence-electron chi connectivity index (χ2n) is 13.4. The zero-order valence-corrected chi connectivity index (χ0v) is 32.6. The molecule has 2 aliphatic rings. The predicted molar refractivity (Wildman–Crippen MR) is 210 cm³/mol. The molecule has 57 heavy (non-hydrogen) atoms. The van der Waals surface area contributed by atoms with Crippen molar-refractivity contribution in [3.05, 3.63) is 123 Å². The zero-order valence-electron chi connectivity index (χ0n) is 31.1. The quantitative estimate of drug-likeness (QED) is 0.0934. The molecule has 2 N–H and O–H groups in total. The minimum absolute atomic E-state index is 0.00714. The largest absolute Gasteiger partial charge is 0.483 e. The highest BCUT2D eigenvalue weighted by Crippen LogP contribution is 2.27. The molecule has 0 bridgehead atoms. The number of carbonyl (C=O) groups excluding carboxylic acids is 5. The molecule has 2 aliphatic heterocycles. The number of benzene rings is 4. The molecular weight excluding hydrogens is 783 g/mol. The van der Waals surface area contributed by atoms with Crippen molar-refractivity contribution in [3.63, 3.8) is 0 Å². The smallest absolute Gasteiger partial charge is 0.341 e. The van der Waals surface area contributed by atoms with Crippen molar-refractivity contribution in [3.8, 4) is 11.5 Å². The lowest BCUT2D eigenvalue weighted by molar-refractivity contribution is -0.135. The molecule has 0 aromatic heterocycles. The summed E-state index contributed by atoms with van der Waals surface area (Å²) in [7, 11) is 1.25. The van der Waals surface area contributed by atoms with Crippen molar-refractivity contribution in [2.45, 2.75) is 25.7 Å². The van der Waals surface area contributed by atoms with E-state index >= 15 is 0 Å². The molecule has 4 aromatic carbocycles. The van der Waals surface area contributed by atoms with E-state index < -0.39 is 5.97 Å². The number of halogens is 4. The number of nitrogen functional groups attached to an aromatic ring is 1. The first-order valence-corrected chi connectivity index (χ1v) is 18.9. The maximum absolute atomic E-state index is 13.0. The average Bonchev–Trinajstić information content (AvgIpc) is 3.22. The van der Waals surface area contributed by atoms with Crippen LogP contribution in [0.25, 0.3) is 0 Å². The lowest BCUT2D eigenvalue weighted by atomic mass is 9.89. The van der Waals surface area contributed by atoms with Gasteiger partial charge in [0.05, 0.1) is 12.8 Å². The number of rotatable bonds is 11. The summed E-state index contributed by atoms with van der Waals surface area (Å²) in [6.07, 6.45) is 2.20. The number of anilines is 1. The van der Waals surface area contributed by atoms with E-state index in [-0.39, 0.29) is 71.4 Å². The number of esters is 1. The first-order chi connectivity index (χ1) is 27.3. The van der Waals surface area contributed by atoms with Crippen LogP contribution in [0.1, 0.15) is 56.8 Å². The highest BCUT2D eigenvalue weighted by molar-refractivity contribution is 6.31. The summed E-state index contributed by atoms with van der Waals surface area (Å²) in [5.74, 6) is -1.55. The molecule has 2 amide bonds. The van der Waals surface area contributed by atoms with Crippen LogP contribution in [0.5, 0.6) is 11.5 Å². The van der Waals surface area contributed by atoms with Crippen LogP contribution in [0.3, 0.4) is 0 Å². The molecule has 300 valence electrons. The number of carbonyl (C=O) groups is 5. The Morgan fingerprint density at radius 1 is 0.632 bits per heavy atom. The number of piperidine rings is 2. The molecule has 4 aromatic rings. The van der Waals surface area contributed by atoms with Gasteiger partial charge in [0.1, 0.15) is 28.7 Å². The number of Topliss-reactive ketones (excluding diaryl/α,β-unsaturated/α-hetero) is 2. The van der Waals surface area contributed by atoms with Crippen LogP contribution in [0, 0.1) is 23.5 Å². The van der Waals surface area contributed by atoms with Gasteiger partial charge in [-0.3, -0.25) is 19.2 Å². The molecule has 0 saturated carbocycles. The van der Waals surface area contributed by atoms with Gasteiger partial charge in [0.15, 0.2) is 24.8 Å². The Balaban J connectivity index is 0.000000219. The third-order valence-electron chi connectivity index (χ3n) is 9.72. The summed E-state index contributed by atoms with van der Waals surface area (Å²) >= 11 is 11.7. The van der Waals surface area contributed by atoms with Crippen LogP contribution in [-0.4, -0.2) is 85.7 Å². The van der Waals surface area contributed by atoms with E-state index in [0.717, 1.165) is 0 Å². The SMILES string of the molecule is COC(=O)c1cc(Cl)ccc1OCC(=O)N1CCC(C(=O)c2ccc(F)cc2)CC1.Nc1cc(Cl)ccc1OCC(=O)N1CCC(C(=O)c2ccc(F)cc2)CC1. The summed E-state index contributed by atoms with van der Waals surface area (Å²) in [6.45, 7) is 1.44. The molecule has 0 spiro atoms. The van der Waals surface area contributed by atoms with Gasteiger partial charge in [-0.25, -0.2) is 13.6 Å². The Hall–Kier alpha value is -5.53. The minimum Gasteiger partial charge on any atom is -0.483 e. The van der Waals surface area contributed by atoms with E-state index in [1.807, 2.05) is 0 Å². The maximum atomic E-state index is 13.0. The number of amides is 2. The number of methoxy groups -OCH3 is 1. The third kappa shape index (κ3) is 11.7. The molecule has 2 fully saturated rings. The molecule has 0 unspecified atom stereocenters. The molecule has 0 aliphatic carbocycles. The van der Waals surface area contributed by atoms with Crippen molar-refractivity contribution in [2.24, 2.45) is 11.8 Å². The minimum atomic E-state index is -0.611. The molecule has 15 heteroatoms. The van der Waals surface area contributed by atoms with E-state index in [0.29, 0.717) is 84.5 Å². The van der Waals surface area contributed by atoms with Crippen LogP contribution < -0.4 is 15.2 Å². The van der Waals surface area contributed by atoms with E-state index in [1.54, 1.807) is 34.1 Å². The molecule has 2 saturated heterocycles. The fraction of sp³-hybridized carbons (Fsp3) is 0.310. The molecule has 11 nitrogen and oxygen atoms in total. The Kier molecular flexibility index (Phi) is 15.0. The number of nitrogens with two attached hydrogens (primary N) is 1. The number of nitrogens with zero attached hydrogens (tertiary/aromatic N) is 2. The average molecular weight is 825 g/mol. The second kappa shape index (κ2) is 20.1. The summed E-state index contributed by atoms with van der Waals surface area (Å²) in [6, 6.07) is 20.4. The standard InChI is InChI=1S/C22H21ClFNO5.C20H20ClFN2O3/c1-29-22(28)18-12-16(23)4-7-19(18)30-13-20(26)25-10-8-15(9-11-25)21(27)14-2-5-17(24)6-3-14;21-15-3-6-18(17(23)11-15)27-12-19(25)24-9-7-14(8-10-24)20(26)13-1-4-16(22)5-2-13/h2-7,12,15H,8-11,13H2,1H3;1-6,11,14H,7-10,12,23H2. The summed E-state index contributed by atoms with van der Waals surface area (Å²) in [5, 5.41) is 0.848. The topological polar surface area (TPSA) is 146 Å². The van der Waals surface area contributed by atoms with Gasteiger partial charge in [-0.05, 0) is 111 Å². The fourth-order valence-electron chi connectivity index (χ4n) is 6.49. The van der Waals surface area contributed by atoms with E-state index in [2.05, 4.69) is 0 Å². The molecular formula is C42H41Cl2F2N3O8. The normalized spacial score (nSPS) is 14.5. The second-order valence-corrected chi connectivity index (χ2v) is 14.3. The van der Waals surface area contributed by atoms with E-state index in [9.17, 15) is 32.8 Å². The van der Waals surface area contributed by atoms with Gasteiger partial charge in [0.25, 0.3) is 11.8 Å². The number of hydrogen-bond donors (Lipinski definition) is 1. The fourth-order valence-corrected chi connectivity index (χ4v) is 6.84. The van der Waals surface area contributed by atoms with Crippen molar-refractivity contribution < 1.29 is 47.0 Å². The van der Waals surface area contributed by atoms with Gasteiger partial charge in [0, 0.05) is 59.2 Å². The third-order valence-corrected chi connectivity index (χ3v) is 10.2. The van der Waals surface area contributed by atoms with Crippen LogP contribution in [-0.2, 0) is 14.3 Å². The first kappa shape index (κ1) is 42.6. The van der Waals surface area contributed by atoms with Crippen LogP contribution in [0.2, 0.25) is 10.0 Å². The first-order valence-electron chi connectivity index (χ1n) is 18.2. The van der Waals surface area contributed by atoms with Crippen molar-refractivity contribution >= 4 is 58.2 Å². The van der Waals surface area contributed by atoms with E-state index in [4.69, 9.17) is 43.1 Å². The van der Waals surface area contributed by atoms with Gasteiger partial charge < -0.3 is 29.7 Å². The Morgan fingerprint density at radius 2 is 1.04 bits per heavy atom. The summed E-state index contributed by atoms with van der Waals surface area (Å²) < 4.78 is 41.8. The lowest BCUT2D eigenvalue weighted by Gasteiger charge is -2.31. The Bertz CT molecular complexity index is 2070. The predicted octanol–water partition coefficient (Wildman–Crippen LogP) is 7.33. The maximum Gasteiger partial charge on any atom is 0.341 e. The van der Waals surface area contributed by atoms with Crippen molar-refractivity contribution in [2.75, 3.05) is 52.2 Å². The van der Waals surface area contributed by atoms with Crippen molar-refractivity contribution in [1.29, 1.82) is 0 Å². The molecule has 2 heterocycles. The number of ether oxygens (including phenoxy) is 3.